The summed E-state index contributed by atoms with van der Waals surface area (Å²) in [5.41, 5.74) is 1.52. The number of nitrogens with two attached hydrogens (primary N) is 1. The zero-order chi connectivity index (χ0) is 17.7. The van der Waals surface area contributed by atoms with E-state index < -0.39 is 16.0 Å². The van der Waals surface area contributed by atoms with Gasteiger partial charge in [0.05, 0.1) is 10.5 Å². The van der Waals surface area contributed by atoms with Crippen molar-refractivity contribution < 1.29 is 18.3 Å². The van der Waals surface area contributed by atoms with Crippen molar-refractivity contribution in [3.05, 3.63) is 59.7 Å². The Bertz CT molecular complexity index is 865. The first-order valence-electron chi connectivity index (χ1n) is 6.75. The molecule has 0 heterocycles. The van der Waals surface area contributed by atoms with Gasteiger partial charge >= 0.3 is 5.97 Å². The monoisotopic (exact) mass is 365 g/mol. The van der Waals surface area contributed by atoms with Gasteiger partial charge in [-0.15, -0.1) is 0 Å². The lowest BCUT2D eigenvalue weighted by molar-refractivity contribution is 0.0697. The Morgan fingerprint density at radius 2 is 1.83 bits per heavy atom. The topological polar surface area (TPSA) is 122 Å². The highest BCUT2D eigenvalue weighted by molar-refractivity contribution is 7.89. The maximum Gasteiger partial charge on any atom is 0.335 e. The zero-order valence-corrected chi connectivity index (χ0v) is 14.0. The van der Waals surface area contributed by atoms with Crippen molar-refractivity contribution in [1.29, 1.82) is 0 Å². The number of anilines is 1. The van der Waals surface area contributed by atoms with Crippen molar-refractivity contribution >= 4 is 39.0 Å². The highest BCUT2D eigenvalue weighted by Crippen LogP contribution is 2.11. The number of carbonyl (C=O) groups is 1. The van der Waals surface area contributed by atoms with E-state index in [4.69, 9.17) is 22.5 Å². The first kappa shape index (κ1) is 17.9. The summed E-state index contributed by atoms with van der Waals surface area (Å²) in [5, 5.41) is 20.1. The molecule has 0 aliphatic rings. The van der Waals surface area contributed by atoms with Gasteiger partial charge < -0.3 is 15.7 Å². The van der Waals surface area contributed by atoms with Crippen LogP contribution in [0.5, 0.6) is 0 Å². The zero-order valence-electron chi connectivity index (χ0n) is 12.4. The molecule has 0 atom stereocenters. The number of sulfonamides is 1. The number of nitrogens with one attached hydrogen (secondary N) is 2. The van der Waals surface area contributed by atoms with E-state index in [0.717, 1.165) is 5.56 Å². The van der Waals surface area contributed by atoms with Crippen LogP contribution in [0.2, 0.25) is 0 Å². The molecule has 0 aliphatic carbocycles. The summed E-state index contributed by atoms with van der Waals surface area (Å²) in [5.74, 6) is -1.02. The number of aromatic carboxylic acids is 1. The highest BCUT2D eigenvalue weighted by atomic mass is 32.2. The smallest absolute Gasteiger partial charge is 0.335 e. The van der Waals surface area contributed by atoms with Gasteiger partial charge in [0.2, 0.25) is 10.0 Å². The van der Waals surface area contributed by atoms with Gasteiger partial charge in [0.15, 0.2) is 5.11 Å². The summed E-state index contributed by atoms with van der Waals surface area (Å²) in [7, 11) is -3.71. The molecule has 24 heavy (non-hydrogen) atoms. The summed E-state index contributed by atoms with van der Waals surface area (Å²) in [6.45, 7) is 0.370. The van der Waals surface area contributed by atoms with E-state index in [9.17, 15) is 13.2 Å². The SMILES string of the molecule is NS(=O)(=O)c1ccc(CNC(=S)Nc2cccc(C(=O)O)c2)cc1. The second-order valence-corrected chi connectivity index (χ2v) is 6.85. The average Bonchev–Trinajstić information content (AvgIpc) is 2.53. The van der Waals surface area contributed by atoms with Crippen molar-refractivity contribution in [3.63, 3.8) is 0 Å². The molecule has 126 valence electrons. The van der Waals surface area contributed by atoms with Crippen LogP contribution in [0, 0.1) is 0 Å². The predicted octanol–water partition coefficient (Wildman–Crippen LogP) is 1.52. The molecular weight excluding hydrogens is 350 g/mol. The molecule has 2 aromatic carbocycles. The standard InChI is InChI=1S/C15H15N3O4S2/c16-24(21,22)13-6-4-10(5-7-13)9-17-15(23)18-12-3-1-2-11(8-12)14(19)20/h1-8H,9H2,(H,19,20)(H2,16,21,22)(H2,17,18,23). The minimum Gasteiger partial charge on any atom is -0.478 e. The molecule has 9 heteroatoms. The molecule has 2 aromatic rings. The second-order valence-electron chi connectivity index (χ2n) is 4.88. The van der Waals surface area contributed by atoms with Crippen LogP contribution in [0.15, 0.2) is 53.4 Å². The van der Waals surface area contributed by atoms with E-state index in [-0.39, 0.29) is 10.5 Å². The highest BCUT2D eigenvalue weighted by Gasteiger charge is 2.07. The van der Waals surface area contributed by atoms with Crippen molar-refractivity contribution in [2.75, 3.05) is 5.32 Å². The Kier molecular flexibility index (Phi) is 5.50. The molecule has 0 amide bonds. The van der Waals surface area contributed by atoms with Gasteiger partial charge in [0, 0.05) is 12.2 Å². The molecule has 0 saturated heterocycles. The Morgan fingerprint density at radius 3 is 2.42 bits per heavy atom. The maximum absolute atomic E-state index is 11.2. The lowest BCUT2D eigenvalue weighted by atomic mass is 10.2. The summed E-state index contributed by atoms with van der Waals surface area (Å²) in [4.78, 5) is 11.0. The number of carboxylic acid groups (broad SMARTS) is 1. The molecule has 0 bridgehead atoms. The third-order valence-corrected chi connectivity index (χ3v) is 4.25. The molecule has 0 spiro atoms. The van der Waals surface area contributed by atoms with Gasteiger partial charge in [-0.1, -0.05) is 18.2 Å². The number of carboxylic acids is 1. The van der Waals surface area contributed by atoms with E-state index in [1.165, 1.54) is 24.3 Å². The second kappa shape index (κ2) is 7.39. The molecule has 0 aliphatic heterocycles. The minimum absolute atomic E-state index is 0.0393. The Balaban J connectivity index is 1.94. The molecule has 0 aromatic heterocycles. The Morgan fingerprint density at radius 1 is 1.17 bits per heavy atom. The molecule has 0 radical (unpaired) electrons. The van der Waals surface area contributed by atoms with Gasteiger partial charge in [-0.25, -0.2) is 18.4 Å². The quantitative estimate of drug-likeness (QED) is 0.593. The molecule has 0 saturated carbocycles. The van der Waals surface area contributed by atoms with Gasteiger partial charge in [-0.3, -0.25) is 0 Å². The Labute approximate surface area is 144 Å². The Hall–Kier alpha value is -2.49. The summed E-state index contributed by atoms with van der Waals surface area (Å²) < 4.78 is 22.4. The molecule has 5 N–H and O–H groups in total. The van der Waals surface area contributed by atoms with Crippen LogP contribution in [-0.2, 0) is 16.6 Å². The molecule has 2 rings (SSSR count). The van der Waals surface area contributed by atoms with Crippen LogP contribution in [0.4, 0.5) is 5.69 Å². The molecule has 0 fully saturated rings. The van der Waals surface area contributed by atoms with Crippen LogP contribution in [-0.4, -0.2) is 24.6 Å². The number of hydrogen-bond acceptors (Lipinski definition) is 4. The fourth-order valence-corrected chi connectivity index (χ4v) is 2.59. The van der Waals surface area contributed by atoms with E-state index >= 15 is 0 Å². The summed E-state index contributed by atoms with van der Waals surface area (Å²) in [6.07, 6.45) is 0. The van der Waals surface area contributed by atoms with Gasteiger partial charge in [-0.05, 0) is 48.1 Å². The van der Waals surface area contributed by atoms with Gasteiger partial charge in [0.1, 0.15) is 0 Å². The fraction of sp³-hybridized carbons (Fsp3) is 0.0667. The number of thiocarbonyl (C=S) groups is 1. The van der Waals surface area contributed by atoms with Crippen molar-refractivity contribution in [1.82, 2.24) is 5.32 Å². The summed E-state index contributed by atoms with van der Waals surface area (Å²) in [6, 6.07) is 12.3. The van der Waals surface area contributed by atoms with Crippen molar-refractivity contribution in [3.8, 4) is 0 Å². The third kappa shape index (κ3) is 5.01. The largest absolute Gasteiger partial charge is 0.478 e. The molecule has 7 nitrogen and oxygen atoms in total. The van der Waals surface area contributed by atoms with E-state index in [1.807, 2.05) is 0 Å². The summed E-state index contributed by atoms with van der Waals surface area (Å²) >= 11 is 5.14. The maximum atomic E-state index is 11.2. The van der Waals surface area contributed by atoms with E-state index in [2.05, 4.69) is 10.6 Å². The van der Waals surface area contributed by atoms with Crippen LogP contribution < -0.4 is 15.8 Å². The predicted molar refractivity (Wildman–Crippen MR) is 94.3 cm³/mol. The van der Waals surface area contributed by atoms with Crippen LogP contribution in [0.1, 0.15) is 15.9 Å². The average molecular weight is 365 g/mol. The number of hydrogen-bond donors (Lipinski definition) is 4. The first-order valence-corrected chi connectivity index (χ1v) is 8.71. The van der Waals surface area contributed by atoms with E-state index in [1.54, 1.807) is 24.3 Å². The van der Waals surface area contributed by atoms with Crippen LogP contribution >= 0.6 is 12.2 Å². The molecule has 0 unspecified atom stereocenters. The lowest BCUT2D eigenvalue weighted by Gasteiger charge is -2.11. The van der Waals surface area contributed by atoms with Crippen LogP contribution in [0.3, 0.4) is 0 Å². The fourth-order valence-electron chi connectivity index (χ4n) is 1.88. The molecular formula is C15H15N3O4S2. The van der Waals surface area contributed by atoms with Crippen molar-refractivity contribution in [2.24, 2.45) is 5.14 Å². The number of rotatable bonds is 5. The van der Waals surface area contributed by atoms with Crippen molar-refractivity contribution in [2.45, 2.75) is 11.4 Å². The van der Waals surface area contributed by atoms with E-state index in [0.29, 0.717) is 17.3 Å². The minimum atomic E-state index is -3.71. The number of primary sulfonamides is 1. The van der Waals surface area contributed by atoms with Gasteiger partial charge in [0.25, 0.3) is 0 Å². The van der Waals surface area contributed by atoms with Crippen LogP contribution in [0.25, 0.3) is 0 Å². The normalized spacial score (nSPS) is 10.9. The lowest BCUT2D eigenvalue weighted by Crippen LogP contribution is -2.28. The van der Waals surface area contributed by atoms with Gasteiger partial charge in [-0.2, -0.15) is 0 Å². The first-order chi connectivity index (χ1) is 11.3. The third-order valence-electron chi connectivity index (χ3n) is 3.07. The number of benzene rings is 2.